The van der Waals surface area contributed by atoms with Crippen molar-refractivity contribution in [1.82, 2.24) is 0 Å². The molecule has 0 rings (SSSR count). The lowest BCUT2D eigenvalue weighted by Gasteiger charge is -1.80. The van der Waals surface area contributed by atoms with Crippen LogP contribution in [0, 0.1) is 0 Å². The largest absolute Gasteiger partial charge is 0.400 e. The molecule has 64 valence electrons. The van der Waals surface area contributed by atoms with Crippen molar-refractivity contribution in [3.63, 3.8) is 0 Å². The highest BCUT2D eigenvalue weighted by Crippen LogP contribution is 1.57. The first-order valence-electron chi connectivity index (χ1n) is 2.75. The summed E-state index contributed by atoms with van der Waals surface area (Å²) in [5.41, 5.74) is 0. The molecule has 0 aromatic heterocycles. The second kappa shape index (κ2) is 15.8. The van der Waals surface area contributed by atoms with Crippen LogP contribution in [0.2, 0.25) is 0 Å². The van der Waals surface area contributed by atoms with Gasteiger partial charge in [-0.1, -0.05) is 0 Å². The van der Waals surface area contributed by atoms with Gasteiger partial charge in [0.15, 0.2) is 0 Å². The molecule has 0 atom stereocenters. The maximum absolute atomic E-state index is 9.44. The topological polar surface area (TPSA) is 77.8 Å². The van der Waals surface area contributed by atoms with E-state index in [1.165, 1.54) is 20.8 Å². The molecule has 0 radical (unpaired) electrons. The zero-order chi connectivity index (χ0) is 9.15. The number of aliphatic hydroxyl groups is 3. The Kier molecular flexibility index (Phi) is 25.7. The van der Waals surface area contributed by atoms with Gasteiger partial charge < -0.3 is 20.1 Å². The first-order chi connectivity index (χ1) is 4.46. The van der Waals surface area contributed by atoms with E-state index in [4.69, 9.17) is 15.3 Å². The van der Waals surface area contributed by atoms with Crippen LogP contribution in [0.5, 0.6) is 0 Å². The monoisotopic (exact) mass is 152 g/mol. The molecule has 4 heteroatoms. The third-order valence-electron chi connectivity index (χ3n) is 0. The molecule has 0 aliphatic heterocycles. The van der Waals surface area contributed by atoms with Crippen LogP contribution in [0.3, 0.4) is 0 Å². The maximum Gasteiger partial charge on any atom is 0.148 e. The highest BCUT2D eigenvalue weighted by Gasteiger charge is 1.70. The number of carbonyl (C=O) groups is 1. The first-order valence-corrected chi connectivity index (χ1v) is 2.75. The van der Waals surface area contributed by atoms with Gasteiger partial charge in [-0.05, 0) is 20.8 Å². The maximum atomic E-state index is 9.44. The predicted octanol–water partition coefficient (Wildman–Crippen LogP) is -0.479. The van der Waals surface area contributed by atoms with E-state index in [2.05, 4.69) is 0 Å². The van der Waals surface area contributed by atoms with Crippen LogP contribution in [0.1, 0.15) is 20.8 Å². The molecule has 0 aliphatic carbocycles. The van der Waals surface area contributed by atoms with Crippen LogP contribution in [-0.2, 0) is 4.79 Å². The van der Waals surface area contributed by atoms with Gasteiger partial charge in [-0.15, -0.1) is 0 Å². The normalized spacial score (nSPS) is 6.80. The van der Waals surface area contributed by atoms with Crippen molar-refractivity contribution in [2.45, 2.75) is 27.1 Å². The van der Waals surface area contributed by atoms with Crippen LogP contribution in [0.4, 0.5) is 0 Å². The van der Waals surface area contributed by atoms with Crippen molar-refractivity contribution >= 4 is 5.78 Å². The van der Waals surface area contributed by atoms with Gasteiger partial charge in [0.1, 0.15) is 12.1 Å². The Bertz CT molecular complexity index is 54.0. The number of ketones is 1. The van der Waals surface area contributed by atoms with E-state index in [0.29, 0.717) is 0 Å². The Morgan fingerprint density at radius 1 is 1.20 bits per heavy atom. The second-order valence-corrected chi connectivity index (χ2v) is 1.54. The molecule has 0 aromatic rings. The second-order valence-electron chi connectivity index (χ2n) is 1.54. The quantitative estimate of drug-likeness (QED) is 0.410. The summed E-state index contributed by atoms with van der Waals surface area (Å²) in [5.74, 6) is 0.167. The van der Waals surface area contributed by atoms with Gasteiger partial charge in [-0.3, -0.25) is 0 Å². The molecule has 0 spiro atoms. The molecule has 10 heavy (non-hydrogen) atoms. The summed E-state index contributed by atoms with van der Waals surface area (Å²) in [6, 6.07) is 0. The summed E-state index contributed by atoms with van der Waals surface area (Å²) < 4.78 is 0. The average Bonchev–Trinajstić information content (AvgIpc) is 1.66. The van der Waals surface area contributed by atoms with Crippen LogP contribution in [0.25, 0.3) is 0 Å². The summed E-state index contributed by atoms with van der Waals surface area (Å²) in [6.07, 6.45) is -1.17. The molecule has 0 saturated heterocycles. The van der Waals surface area contributed by atoms with E-state index in [1.807, 2.05) is 0 Å². The Morgan fingerprint density at radius 3 is 1.20 bits per heavy atom. The molecular weight excluding hydrogens is 136 g/mol. The molecule has 0 unspecified atom stereocenters. The van der Waals surface area contributed by atoms with Crippen LogP contribution >= 0.6 is 0 Å². The van der Waals surface area contributed by atoms with E-state index in [0.717, 1.165) is 7.11 Å². The molecular formula is C6H16O4. The van der Waals surface area contributed by atoms with Crippen molar-refractivity contribution in [3.05, 3.63) is 0 Å². The summed E-state index contributed by atoms with van der Waals surface area (Å²) in [6.45, 7) is 4.33. The number of hydrogen-bond acceptors (Lipinski definition) is 4. The molecule has 0 fully saturated rings. The minimum absolute atomic E-state index is 0.167. The third-order valence-corrected chi connectivity index (χ3v) is 0. The standard InChI is InChI=1S/C3H6O.C2H6O2.CH4O/c1-3(2)4;1-2(3)4;1-2/h1-2H3;2-4H,1H3;2H,1H3. The van der Waals surface area contributed by atoms with E-state index < -0.39 is 6.29 Å². The lowest BCUT2D eigenvalue weighted by Crippen LogP contribution is -1.92. The van der Waals surface area contributed by atoms with Gasteiger partial charge >= 0.3 is 0 Å². The Balaban J connectivity index is -0.0000000787. The lowest BCUT2D eigenvalue weighted by molar-refractivity contribution is -0.115. The fourth-order valence-electron chi connectivity index (χ4n) is 0. The Hall–Kier alpha value is -0.450. The minimum atomic E-state index is -1.17. The number of hydrogen-bond donors (Lipinski definition) is 3. The van der Waals surface area contributed by atoms with Gasteiger partial charge in [0, 0.05) is 7.11 Å². The van der Waals surface area contributed by atoms with Gasteiger partial charge in [0.05, 0.1) is 0 Å². The molecule has 0 aromatic carbocycles. The Morgan fingerprint density at radius 2 is 1.20 bits per heavy atom. The number of aliphatic hydroxyl groups excluding tert-OH is 2. The molecule has 0 heterocycles. The number of Topliss-reactive ketones (excluding diaryl/α,β-unsaturated/α-hetero) is 1. The van der Waals surface area contributed by atoms with Crippen LogP contribution in [0.15, 0.2) is 0 Å². The third kappa shape index (κ3) is 1600. The van der Waals surface area contributed by atoms with Crippen molar-refractivity contribution in [2.24, 2.45) is 0 Å². The molecule has 0 saturated carbocycles. The summed E-state index contributed by atoms with van der Waals surface area (Å²) in [7, 11) is 1.00. The van der Waals surface area contributed by atoms with Crippen molar-refractivity contribution < 1.29 is 20.1 Å². The Labute approximate surface area is 61.1 Å². The first kappa shape index (κ1) is 16.3. The molecule has 4 nitrogen and oxygen atoms in total. The zero-order valence-electron chi connectivity index (χ0n) is 6.83. The minimum Gasteiger partial charge on any atom is -0.400 e. The van der Waals surface area contributed by atoms with Gasteiger partial charge in [0.2, 0.25) is 0 Å². The van der Waals surface area contributed by atoms with Crippen molar-refractivity contribution in [3.8, 4) is 0 Å². The van der Waals surface area contributed by atoms with Crippen LogP contribution in [-0.4, -0.2) is 34.5 Å². The summed E-state index contributed by atoms with van der Waals surface area (Å²) in [5, 5.41) is 22.2. The number of carbonyl (C=O) groups excluding carboxylic acids is 1. The van der Waals surface area contributed by atoms with Gasteiger partial charge in [0.25, 0.3) is 0 Å². The average molecular weight is 152 g/mol. The SMILES string of the molecule is CC(C)=O.CC(O)O.CO. The summed E-state index contributed by atoms with van der Waals surface area (Å²) in [4.78, 5) is 9.44. The van der Waals surface area contributed by atoms with Crippen molar-refractivity contribution in [2.75, 3.05) is 7.11 Å². The molecule has 0 aliphatic rings. The zero-order valence-corrected chi connectivity index (χ0v) is 6.83. The van der Waals surface area contributed by atoms with Gasteiger partial charge in [-0.2, -0.15) is 0 Å². The van der Waals surface area contributed by atoms with Crippen molar-refractivity contribution in [1.29, 1.82) is 0 Å². The van der Waals surface area contributed by atoms with E-state index in [9.17, 15) is 4.79 Å². The lowest BCUT2D eigenvalue weighted by atomic mass is 10.6. The van der Waals surface area contributed by atoms with Crippen LogP contribution < -0.4 is 0 Å². The molecule has 3 N–H and O–H groups in total. The highest BCUT2D eigenvalue weighted by atomic mass is 16.5. The van der Waals surface area contributed by atoms with E-state index >= 15 is 0 Å². The predicted molar refractivity (Wildman–Crippen MR) is 38.4 cm³/mol. The fraction of sp³-hybridized carbons (Fsp3) is 0.833. The summed E-state index contributed by atoms with van der Waals surface area (Å²) >= 11 is 0. The fourth-order valence-corrected chi connectivity index (χ4v) is 0. The number of rotatable bonds is 0. The van der Waals surface area contributed by atoms with E-state index in [1.54, 1.807) is 0 Å². The van der Waals surface area contributed by atoms with E-state index in [-0.39, 0.29) is 5.78 Å². The highest BCUT2D eigenvalue weighted by molar-refractivity contribution is 5.72. The van der Waals surface area contributed by atoms with Gasteiger partial charge in [-0.25, -0.2) is 0 Å². The smallest absolute Gasteiger partial charge is 0.148 e. The molecule has 0 bridgehead atoms. The molecule has 0 amide bonds.